The molecule has 0 aliphatic heterocycles. The first-order valence-corrected chi connectivity index (χ1v) is 8.14. The topological polar surface area (TPSA) is 63.6 Å². The fourth-order valence-corrected chi connectivity index (χ4v) is 3.45. The highest BCUT2D eigenvalue weighted by Gasteiger charge is 2.13. The Hall–Kier alpha value is -2.37. The Kier molecular flexibility index (Phi) is 2.61. The minimum absolute atomic E-state index is 0.102. The van der Waals surface area contributed by atoms with Crippen LogP contribution in [0.25, 0.3) is 32.3 Å². The molecule has 0 spiro atoms. The van der Waals surface area contributed by atoms with Gasteiger partial charge in [-0.2, -0.15) is 8.42 Å². The molecule has 0 bridgehead atoms. The third-order valence-corrected chi connectivity index (χ3v) is 4.40. The molecule has 22 heavy (non-hydrogen) atoms. The molecular weight excluding hydrogens is 300 g/mol. The van der Waals surface area contributed by atoms with E-state index in [1.807, 2.05) is 24.3 Å². The molecule has 5 heteroatoms. The van der Waals surface area contributed by atoms with Crippen molar-refractivity contribution in [2.45, 2.75) is 6.92 Å². The van der Waals surface area contributed by atoms with Gasteiger partial charge >= 0.3 is 10.4 Å². The second-order valence-electron chi connectivity index (χ2n) is 5.41. The molecule has 0 saturated heterocycles. The largest absolute Gasteiger partial charge is 0.446 e. The van der Waals surface area contributed by atoms with Crippen molar-refractivity contribution in [3.63, 3.8) is 0 Å². The fourth-order valence-electron chi connectivity index (χ4n) is 3.11. The summed E-state index contributed by atoms with van der Waals surface area (Å²) in [5.74, 6) is 0.102. The van der Waals surface area contributed by atoms with Crippen molar-refractivity contribution in [1.82, 2.24) is 0 Å². The summed E-state index contributed by atoms with van der Waals surface area (Å²) in [6.45, 7) is 2.07. The molecule has 0 aliphatic rings. The van der Waals surface area contributed by atoms with Gasteiger partial charge in [-0.3, -0.25) is 4.55 Å². The van der Waals surface area contributed by atoms with E-state index < -0.39 is 10.4 Å². The lowest BCUT2D eigenvalue weighted by molar-refractivity contribution is 0.387. The van der Waals surface area contributed by atoms with E-state index in [-0.39, 0.29) is 5.75 Å². The maximum atomic E-state index is 10.9. The quantitative estimate of drug-likeness (QED) is 0.447. The third kappa shape index (κ3) is 1.98. The molecule has 0 aromatic heterocycles. The number of benzene rings is 4. The van der Waals surface area contributed by atoms with E-state index in [1.54, 1.807) is 12.1 Å². The number of rotatable bonds is 2. The van der Waals surface area contributed by atoms with Crippen LogP contribution < -0.4 is 4.18 Å². The predicted molar refractivity (Wildman–Crippen MR) is 87.1 cm³/mol. The molecule has 0 atom stereocenters. The standard InChI is InChI=1S/C17H12O4S/c1-10-2-3-11-4-5-12-8-14(21-22(18,19)20)9-13-6-7-15(10)17(11)16(12)13/h2-9H,1H3,(H,18,19,20). The highest BCUT2D eigenvalue weighted by molar-refractivity contribution is 7.81. The summed E-state index contributed by atoms with van der Waals surface area (Å²) in [6.07, 6.45) is 0. The van der Waals surface area contributed by atoms with Crippen LogP contribution in [0.3, 0.4) is 0 Å². The van der Waals surface area contributed by atoms with E-state index in [2.05, 4.69) is 23.2 Å². The van der Waals surface area contributed by atoms with Crippen molar-refractivity contribution < 1.29 is 17.2 Å². The fraction of sp³-hybridized carbons (Fsp3) is 0.0588. The van der Waals surface area contributed by atoms with E-state index in [4.69, 9.17) is 4.55 Å². The molecule has 0 radical (unpaired) electrons. The summed E-state index contributed by atoms with van der Waals surface area (Å²) in [4.78, 5) is 0. The van der Waals surface area contributed by atoms with Gasteiger partial charge in [0.05, 0.1) is 0 Å². The summed E-state index contributed by atoms with van der Waals surface area (Å²) in [7, 11) is -4.53. The van der Waals surface area contributed by atoms with Crippen LogP contribution in [0, 0.1) is 6.92 Å². The van der Waals surface area contributed by atoms with Gasteiger partial charge in [0.15, 0.2) is 0 Å². The average molecular weight is 312 g/mol. The Bertz CT molecular complexity index is 1110. The Morgan fingerprint density at radius 3 is 2.14 bits per heavy atom. The number of hydrogen-bond donors (Lipinski definition) is 1. The van der Waals surface area contributed by atoms with Gasteiger partial charge in [-0.05, 0) is 56.9 Å². The lowest BCUT2D eigenvalue weighted by Crippen LogP contribution is -2.06. The van der Waals surface area contributed by atoms with E-state index >= 15 is 0 Å². The summed E-state index contributed by atoms with van der Waals surface area (Å²) >= 11 is 0. The van der Waals surface area contributed by atoms with Crippen LogP contribution in [0.2, 0.25) is 0 Å². The zero-order valence-electron chi connectivity index (χ0n) is 11.7. The molecule has 0 fully saturated rings. The van der Waals surface area contributed by atoms with Crippen LogP contribution in [0.15, 0.2) is 48.5 Å². The van der Waals surface area contributed by atoms with E-state index in [1.165, 1.54) is 10.9 Å². The van der Waals surface area contributed by atoms with Gasteiger partial charge < -0.3 is 4.18 Å². The lowest BCUT2D eigenvalue weighted by atomic mass is 9.92. The Balaban J connectivity index is 2.14. The van der Waals surface area contributed by atoms with Gasteiger partial charge in [-0.15, -0.1) is 0 Å². The second kappa shape index (κ2) is 4.32. The molecule has 110 valence electrons. The van der Waals surface area contributed by atoms with E-state index in [0.29, 0.717) is 0 Å². The lowest BCUT2D eigenvalue weighted by Gasteiger charge is -2.13. The van der Waals surface area contributed by atoms with Crippen molar-refractivity contribution in [3.8, 4) is 5.75 Å². The zero-order chi connectivity index (χ0) is 15.5. The van der Waals surface area contributed by atoms with E-state index in [9.17, 15) is 8.42 Å². The van der Waals surface area contributed by atoms with Crippen LogP contribution in [0.4, 0.5) is 0 Å². The van der Waals surface area contributed by atoms with Gasteiger partial charge in [0.25, 0.3) is 0 Å². The molecule has 0 unspecified atom stereocenters. The van der Waals surface area contributed by atoms with Gasteiger partial charge in [0.2, 0.25) is 0 Å². The van der Waals surface area contributed by atoms with Crippen molar-refractivity contribution in [2.24, 2.45) is 0 Å². The van der Waals surface area contributed by atoms with Gasteiger partial charge in [0.1, 0.15) is 5.75 Å². The van der Waals surface area contributed by atoms with Crippen LogP contribution in [0.5, 0.6) is 5.75 Å². The van der Waals surface area contributed by atoms with Crippen molar-refractivity contribution in [3.05, 3.63) is 54.1 Å². The highest BCUT2D eigenvalue weighted by atomic mass is 32.3. The molecule has 0 saturated carbocycles. The third-order valence-electron chi connectivity index (χ3n) is 3.99. The molecule has 4 aromatic rings. The number of hydrogen-bond acceptors (Lipinski definition) is 3. The molecule has 0 heterocycles. The van der Waals surface area contributed by atoms with Crippen molar-refractivity contribution >= 4 is 42.7 Å². The summed E-state index contributed by atoms with van der Waals surface area (Å²) in [5, 5.41) is 6.30. The van der Waals surface area contributed by atoms with Crippen LogP contribution in [-0.2, 0) is 10.4 Å². The second-order valence-corrected chi connectivity index (χ2v) is 6.44. The molecule has 4 aromatic carbocycles. The normalized spacial score (nSPS) is 12.5. The van der Waals surface area contributed by atoms with Crippen LogP contribution in [-0.4, -0.2) is 13.0 Å². The minimum atomic E-state index is -4.53. The smallest absolute Gasteiger partial charge is 0.362 e. The maximum Gasteiger partial charge on any atom is 0.446 e. The average Bonchev–Trinajstić information content (AvgIpc) is 2.44. The Labute approximate surface area is 127 Å². The minimum Gasteiger partial charge on any atom is -0.362 e. The molecule has 0 amide bonds. The highest BCUT2D eigenvalue weighted by Crippen LogP contribution is 2.37. The van der Waals surface area contributed by atoms with Crippen LogP contribution >= 0.6 is 0 Å². The molecule has 0 aliphatic carbocycles. The van der Waals surface area contributed by atoms with Gasteiger partial charge in [-0.25, -0.2) is 0 Å². The zero-order valence-corrected chi connectivity index (χ0v) is 12.5. The predicted octanol–water partition coefficient (Wildman–Crippen LogP) is 4.07. The number of aryl methyl sites for hydroxylation is 1. The van der Waals surface area contributed by atoms with Gasteiger partial charge in [-0.1, -0.05) is 36.4 Å². The van der Waals surface area contributed by atoms with Gasteiger partial charge in [0, 0.05) is 0 Å². The maximum absolute atomic E-state index is 10.9. The SMILES string of the molecule is Cc1ccc2ccc3cc(OS(=O)(=O)O)cc4ccc1c2c34. The first kappa shape index (κ1) is 13.3. The summed E-state index contributed by atoms with van der Waals surface area (Å²) in [5.41, 5.74) is 1.19. The monoisotopic (exact) mass is 312 g/mol. The van der Waals surface area contributed by atoms with Crippen molar-refractivity contribution in [1.29, 1.82) is 0 Å². The molecular formula is C17H12O4S. The Morgan fingerprint density at radius 1 is 0.864 bits per heavy atom. The summed E-state index contributed by atoms with van der Waals surface area (Å²) in [6, 6.07) is 15.3. The first-order valence-electron chi connectivity index (χ1n) is 6.77. The Morgan fingerprint density at radius 2 is 1.45 bits per heavy atom. The molecule has 1 N–H and O–H groups in total. The first-order chi connectivity index (χ1) is 10.4. The molecule has 4 rings (SSSR count). The van der Waals surface area contributed by atoms with Crippen molar-refractivity contribution in [2.75, 3.05) is 0 Å². The van der Waals surface area contributed by atoms with E-state index in [0.717, 1.165) is 26.9 Å². The summed E-state index contributed by atoms with van der Waals surface area (Å²) < 4.78 is 35.3. The van der Waals surface area contributed by atoms with Crippen LogP contribution in [0.1, 0.15) is 5.56 Å². The molecule has 4 nitrogen and oxygen atoms in total.